The van der Waals surface area contributed by atoms with Gasteiger partial charge in [-0.05, 0) is 61.8 Å². The highest BCUT2D eigenvalue weighted by molar-refractivity contribution is 6.32. The Labute approximate surface area is 195 Å². The van der Waals surface area contributed by atoms with Crippen LogP contribution in [0.1, 0.15) is 60.3 Å². The number of carbonyl (C=O) groups is 2. The normalized spacial score (nSPS) is 18.3. The van der Waals surface area contributed by atoms with E-state index in [1.54, 1.807) is 0 Å². The van der Waals surface area contributed by atoms with E-state index >= 15 is 0 Å². The fourth-order valence-electron chi connectivity index (χ4n) is 4.56. The molecular formula is C26H32ClN3O2. The van der Waals surface area contributed by atoms with Crippen molar-refractivity contribution in [1.82, 2.24) is 4.90 Å². The number of amides is 2. The third-order valence-corrected chi connectivity index (χ3v) is 7.03. The molecule has 2 saturated heterocycles. The maximum Gasteiger partial charge on any atom is 0.256 e. The summed E-state index contributed by atoms with van der Waals surface area (Å²) in [5.41, 5.74) is 2.99. The molecule has 2 aromatic rings. The topological polar surface area (TPSA) is 52.7 Å². The molecule has 2 aliphatic heterocycles. The van der Waals surface area contributed by atoms with Gasteiger partial charge in [0, 0.05) is 37.6 Å². The number of benzene rings is 2. The Kier molecular flexibility index (Phi) is 7.36. The highest BCUT2D eigenvalue weighted by atomic mass is 35.5. The molecule has 0 aliphatic carbocycles. The first-order chi connectivity index (χ1) is 15.5. The van der Waals surface area contributed by atoms with Gasteiger partial charge in [-0.3, -0.25) is 9.59 Å². The Hall–Kier alpha value is -2.53. The van der Waals surface area contributed by atoms with Gasteiger partial charge in [0.2, 0.25) is 5.91 Å². The average Bonchev–Trinajstić information content (AvgIpc) is 2.84. The first kappa shape index (κ1) is 22.7. The van der Waals surface area contributed by atoms with E-state index in [1.165, 1.54) is 6.42 Å². The zero-order valence-corrected chi connectivity index (χ0v) is 19.5. The fraction of sp³-hybridized carbons (Fsp3) is 0.462. The minimum atomic E-state index is -0.791. The molecule has 4 rings (SSSR count). The third kappa shape index (κ3) is 5.26. The van der Waals surface area contributed by atoms with Crippen LogP contribution in [0.15, 0.2) is 48.5 Å². The Morgan fingerprint density at radius 3 is 2.34 bits per heavy atom. The lowest BCUT2D eigenvalue weighted by molar-refractivity contribution is -0.116. The maximum absolute atomic E-state index is 13.5. The fourth-order valence-corrected chi connectivity index (χ4v) is 4.76. The molecule has 2 fully saturated rings. The number of rotatable bonds is 5. The van der Waals surface area contributed by atoms with Crippen LogP contribution in [0.3, 0.4) is 0 Å². The Morgan fingerprint density at radius 1 is 0.969 bits per heavy atom. The lowest BCUT2D eigenvalue weighted by Crippen LogP contribution is -2.39. The maximum atomic E-state index is 13.5. The van der Waals surface area contributed by atoms with Crippen molar-refractivity contribution in [3.05, 3.63) is 59.7 Å². The zero-order valence-electron chi connectivity index (χ0n) is 18.7. The first-order valence-electron chi connectivity index (χ1n) is 11.7. The summed E-state index contributed by atoms with van der Waals surface area (Å²) in [6.07, 6.45) is 5.57. The van der Waals surface area contributed by atoms with E-state index in [-0.39, 0.29) is 11.8 Å². The van der Waals surface area contributed by atoms with Gasteiger partial charge < -0.3 is 15.1 Å². The minimum absolute atomic E-state index is 0.0547. The second kappa shape index (κ2) is 10.4. The van der Waals surface area contributed by atoms with Gasteiger partial charge >= 0.3 is 0 Å². The molecule has 1 N–H and O–H groups in total. The van der Waals surface area contributed by atoms with Crippen LogP contribution >= 0.6 is 11.6 Å². The van der Waals surface area contributed by atoms with E-state index in [0.717, 1.165) is 63.1 Å². The number of piperidine rings is 2. The van der Waals surface area contributed by atoms with Crippen molar-refractivity contribution in [3.8, 4) is 0 Å². The molecule has 2 heterocycles. The van der Waals surface area contributed by atoms with E-state index in [4.69, 9.17) is 11.6 Å². The lowest BCUT2D eigenvalue weighted by Gasteiger charge is -2.34. The predicted molar refractivity (Wildman–Crippen MR) is 130 cm³/mol. The molecule has 2 amide bonds. The lowest BCUT2D eigenvalue weighted by atomic mass is 9.98. The molecule has 0 spiro atoms. The quantitative estimate of drug-likeness (QED) is 0.611. The molecule has 0 saturated carbocycles. The number of hydrogen-bond donors (Lipinski definition) is 1. The van der Waals surface area contributed by atoms with Crippen molar-refractivity contribution in [3.63, 3.8) is 0 Å². The van der Waals surface area contributed by atoms with Gasteiger partial charge in [-0.1, -0.05) is 37.3 Å². The number of nitrogens with one attached hydrogen (secondary N) is 1. The zero-order chi connectivity index (χ0) is 22.5. The van der Waals surface area contributed by atoms with E-state index in [9.17, 15) is 9.59 Å². The number of anilines is 2. The number of likely N-dealkylation sites (tertiary alicyclic amines) is 1. The summed E-state index contributed by atoms with van der Waals surface area (Å²) in [7, 11) is 0. The van der Waals surface area contributed by atoms with E-state index in [0.29, 0.717) is 17.2 Å². The monoisotopic (exact) mass is 453 g/mol. The highest BCUT2D eigenvalue weighted by Gasteiger charge is 2.26. The van der Waals surface area contributed by atoms with Crippen LogP contribution in [0.25, 0.3) is 0 Å². The molecule has 2 aromatic carbocycles. The molecule has 0 radical (unpaired) electrons. The van der Waals surface area contributed by atoms with Crippen LogP contribution in [0.5, 0.6) is 0 Å². The molecule has 5 nitrogen and oxygen atoms in total. The molecule has 1 atom stereocenters. The molecule has 32 heavy (non-hydrogen) atoms. The predicted octanol–water partition coefficient (Wildman–Crippen LogP) is 5.47. The van der Waals surface area contributed by atoms with Crippen LogP contribution in [0.4, 0.5) is 11.4 Å². The van der Waals surface area contributed by atoms with Gasteiger partial charge in [0.05, 0.1) is 5.56 Å². The smallest absolute Gasteiger partial charge is 0.256 e. The Morgan fingerprint density at radius 2 is 1.66 bits per heavy atom. The average molecular weight is 454 g/mol. The second-order valence-electron chi connectivity index (χ2n) is 9.02. The standard InChI is InChI=1S/C26H32ClN3O2/c1-19-12-16-30(17-13-19)26(32)22-18-21(10-11-23(22)29-14-6-3-7-15-29)28-25(31)24(27)20-8-4-2-5-9-20/h2,4-5,8-11,18-19,24H,3,6-7,12-17H2,1H3,(H,28,31). The summed E-state index contributed by atoms with van der Waals surface area (Å²) in [6.45, 7) is 5.73. The van der Waals surface area contributed by atoms with Gasteiger partial charge in [0.25, 0.3) is 5.91 Å². The first-order valence-corrected chi connectivity index (χ1v) is 12.1. The summed E-state index contributed by atoms with van der Waals surface area (Å²) in [4.78, 5) is 30.6. The number of carbonyl (C=O) groups excluding carboxylic acids is 2. The van der Waals surface area contributed by atoms with Gasteiger partial charge in [0.1, 0.15) is 5.38 Å². The number of nitrogens with zero attached hydrogens (tertiary/aromatic N) is 2. The second-order valence-corrected chi connectivity index (χ2v) is 9.45. The van der Waals surface area contributed by atoms with Crippen LogP contribution < -0.4 is 10.2 Å². The Bertz CT molecular complexity index is 935. The van der Waals surface area contributed by atoms with Crippen LogP contribution in [0.2, 0.25) is 0 Å². The summed E-state index contributed by atoms with van der Waals surface area (Å²) < 4.78 is 0. The molecule has 0 aromatic heterocycles. The summed E-state index contributed by atoms with van der Waals surface area (Å²) in [5.74, 6) is 0.415. The van der Waals surface area contributed by atoms with E-state index < -0.39 is 5.38 Å². The number of halogens is 1. The van der Waals surface area contributed by atoms with E-state index in [2.05, 4.69) is 17.1 Å². The molecule has 170 valence electrons. The number of hydrogen-bond acceptors (Lipinski definition) is 3. The molecule has 6 heteroatoms. The van der Waals surface area contributed by atoms with Crippen molar-refractivity contribution in [2.45, 2.75) is 44.4 Å². The van der Waals surface area contributed by atoms with E-state index in [1.807, 2.05) is 53.4 Å². The molecular weight excluding hydrogens is 422 g/mol. The minimum Gasteiger partial charge on any atom is -0.371 e. The summed E-state index contributed by atoms with van der Waals surface area (Å²) >= 11 is 6.40. The van der Waals surface area contributed by atoms with Crippen LogP contribution in [-0.2, 0) is 4.79 Å². The van der Waals surface area contributed by atoms with Crippen molar-refractivity contribution in [2.24, 2.45) is 5.92 Å². The summed E-state index contributed by atoms with van der Waals surface area (Å²) in [5, 5.41) is 2.12. The molecule has 1 unspecified atom stereocenters. The van der Waals surface area contributed by atoms with Crippen LogP contribution in [0, 0.1) is 5.92 Å². The SMILES string of the molecule is CC1CCN(C(=O)c2cc(NC(=O)C(Cl)c3ccccc3)ccc2N2CCCCC2)CC1. The number of alkyl halides is 1. The summed E-state index contributed by atoms with van der Waals surface area (Å²) in [6, 6.07) is 15.0. The highest BCUT2D eigenvalue weighted by Crippen LogP contribution is 2.30. The van der Waals surface area contributed by atoms with Gasteiger partial charge in [-0.25, -0.2) is 0 Å². The largest absolute Gasteiger partial charge is 0.371 e. The van der Waals surface area contributed by atoms with Gasteiger partial charge in [-0.2, -0.15) is 0 Å². The van der Waals surface area contributed by atoms with Gasteiger partial charge in [-0.15, -0.1) is 11.6 Å². The van der Waals surface area contributed by atoms with Gasteiger partial charge in [0.15, 0.2) is 0 Å². The van der Waals surface area contributed by atoms with Crippen molar-refractivity contribution in [1.29, 1.82) is 0 Å². The molecule has 0 bridgehead atoms. The Balaban J connectivity index is 1.58. The molecule has 2 aliphatic rings. The van der Waals surface area contributed by atoms with Crippen molar-refractivity contribution >= 4 is 34.8 Å². The van der Waals surface area contributed by atoms with Crippen molar-refractivity contribution in [2.75, 3.05) is 36.4 Å². The van der Waals surface area contributed by atoms with Crippen LogP contribution in [-0.4, -0.2) is 42.9 Å². The third-order valence-electron chi connectivity index (χ3n) is 6.58. The van der Waals surface area contributed by atoms with Crippen molar-refractivity contribution < 1.29 is 9.59 Å².